The monoisotopic (exact) mass is 326 g/mol. The fourth-order valence-electron chi connectivity index (χ4n) is 3.97. The molecule has 0 amide bonds. The van der Waals surface area contributed by atoms with Gasteiger partial charge in [-0.1, -0.05) is 32.1 Å². The molecule has 2 aliphatic rings. The van der Waals surface area contributed by atoms with Gasteiger partial charge in [0.1, 0.15) is 24.2 Å². The van der Waals surface area contributed by atoms with Crippen molar-refractivity contribution >= 4 is 0 Å². The lowest BCUT2D eigenvalue weighted by Crippen LogP contribution is -2.25. The molecule has 2 rings (SSSR count). The van der Waals surface area contributed by atoms with Crippen LogP contribution in [0.2, 0.25) is 0 Å². The van der Waals surface area contributed by atoms with Crippen molar-refractivity contribution in [2.24, 2.45) is 17.8 Å². The molecular formula is C19H28F2O2. The molecule has 0 bridgehead atoms. The molecule has 0 radical (unpaired) electrons. The molecule has 2 nitrogen and oxygen atoms in total. The normalized spacial score (nSPS) is 28.3. The summed E-state index contributed by atoms with van der Waals surface area (Å²) in [5.74, 6) is 1.72. The maximum atomic E-state index is 12.7. The summed E-state index contributed by atoms with van der Waals surface area (Å²) in [6.07, 6.45) is 14.5. The highest BCUT2D eigenvalue weighted by Crippen LogP contribution is 2.40. The summed E-state index contributed by atoms with van der Waals surface area (Å²) in [5.41, 5.74) is 0. The molecule has 0 heterocycles. The molecular weight excluding hydrogens is 298 g/mol. The van der Waals surface area contributed by atoms with E-state index in [9.17, 15) is 8.78 Å². The summed E-state index contributed by atoms with van der Waals surface area (Å²) in [5, 5.41) is 8.97. The third-order valence-corrected chi connectivity index (χ3v) is 5.33. The summed E-state index contributed by atoms with van der Waals surface area (Å²) in [7, 11) is 0. The van der Waals surface area contributed by atoms with Crippen molar-refractivity contribution in [3.05, 3.63) is 36.3 Å². The van der Waals surface area contributed by atoms with Crippen molar-refractivity contribution in [1.82, 2.24) is 0 Å². The number of halogens is 2. The van der Waals surface area contributed by atoms with Crippen molar-refractivity contribution in [1.29, 1.82) is 0 Å². The lowest BCUT2D eigenvalue weighted by Gasteiger charge is -2.35. The van der Waals surface area contributed by atoms with Gasteiger partial charge in [-0.15, -0.1) is 0 Å². The first-order valence-corrected chi connectivity index (χ1v) is 8.83. The van der Waals surface area contributed by atoms with Gasteiger partial charge in [0.25, 0.3) is 0 Å². The molecule has 0 aromatic heterocycles. The fraction of sp³-hybridized carbons (Fsp3) is 0.684. The van der Waals surface area contributed by atoms with Crippen molar-refractivity contribution in [2.45, 2.75) is 57.8 Å². The molecule has 2 fully saturated rings. The highest BCUT2D eigenvalue weighted by molar-refractivity contribution is 5.18. The Morgan fingerprint density at radius 1 is 0.870 bits per heavy atom. The minimum Gasteiger partial charge on any atom is -0.506 e. The molecule has 0 atom stereocenters. The van der Waals surface area contributed by atoms with E-state index in [2.05, 4.69) is 0 Å². The van der Waals surface area contributed by atoms with Gasteiger partial charge in [-0.3, -0.25) is 0 Å². The third-order valence-electron chi connectivity index (χ3n) is 5.33. The van der Waals surface area contributed by atoms with Gasteiger partial charge in [0.05, 0.1) is 6.61 Å². The van der Waals surface area contributed by atoms with Crippen LogP contribution >= 0.6 is 0 Å². The minimum absolute atomic E-state index is 0.0211. The van der Waals surface area contributed by atoms with E-state index in [1.54, 1.807) is 0 Å². The lowest BCUT2D eigenvalue weighted by atomic mass is 9.71. The number of allylic oxidation sites excluding steroid dienone is 2. The zero-order valence-electron chi connectivity index (χ0n) is 13.7. The van der Waals surface area contributed by atoms with Gasteiger partial charge in [-0.25, -0.2) is 8.78 Å². The summed E-state index contributed by atoms with van der Waals surface area (Å²) in [6.45, 7) is 0.484. The molecule has 130 valence electrons. The largest absolute Gasteiger partial charge is 0.506 e. The van der Waals surface area contributed by atoms with Crippen molar-refractivity contribution in [3.8, 4) is 0 Å². The first-order chi connectivity index (χ1) is 11.2. The molecule has 4 heteroatoms. The molecule has 0 saturated heterocycles. The smallest absolute Gasteiger partial charge is 0.147 e. The van der Waals surface area contributed by atoms with E-state index in [1.165, 1.54) is 51.0 Å². The standard InChI is InChI=1S/C19H28F2O2/c20-12-18(22)10-11-19(13-21)23-14-15-6-8-17(9-7-15)16-4-2-1-3-5-16/h10-13,15-17,22H,1-9,14H2/b11-10-,18-12-,19-13-. The Kier molecular flexibility index (Phi) is 7.63. The average Bonchev–Trinajstić information content (AvgIpc) is 2.62. The Morgan fingerprint density at radius 2 is 1.52 bits per heavy atom. The van der Waals surface area contributed by atoms with E-state index >= 15 is 0 Å². The summed E-state index contributed by atoms with van der Waals surface area (Å²) in [4.78, 5) is 0. The molecule has 0 unspecified atom stereocenters. The van der Waals surface area contributed by atoms with Gasteiger partial charge in [0.2, 0.25) is 0 Å². The molecule has 23 heavy (non-hydrogen) atoms. The van der Waals surface area contributed by atoms with Crippen molar-refractivity contribution in [3.63, 3.8) is 0 Å². The van der Waals surface area contributed by atoms with Gasteiger partial charge in [-0.05, 0) is 55.6 Å². The molecule has 2 saturated carbocycles. The van der Waals surface area contributed by atoms with Crippen LogP contribution in [0.3, 0.4) is 0 Å². The van der Waals surface area contributed by atoms with Gasteiger partial charge in [0, 0.05) is 0 Å². The van der Waals surface area contributed by atoms with Gasteiger partial charge >= 0.3 is 0 Å². The first-order valence-electron chi connectivity index (χ1n) is 8.83. The van der Waals surface area contributed by atoms with E-state index in [0.29, 0.717) is 18.9 Å². The molecule has 0 aromatic carbocycles. The zero-order valence-corrected chi connectivity index (χ0v) is 13.7. The number of rotatable bonds is 6. The summed E-state index contributed by atoms with van der Waals surface area (Å²) < 4.78 is 30.2. The number of hydrogen-bond acceptors (Lipinski definition) is 2. The van der Waals surface area contributed by atoms with E-state index < -0.39 is 5.76 Å². The van der Waals surface area contributed by atoms with E-state index in [4.69, 9.17) is 9.84 Å². The van der Waals surface area contributed by atoms with Gasteiger partial charge in [0.15, 0.2) is 0 Å². The predicted molar refractivity (Wildman–Crippen MR) is 88.1 cm³/mol. The zero-order chi connectivity index (χ0) is 16.5. The predicted octanol–water partition coefficient (Wildman–Crippen LogP) is 6.13. The summed E-state index contributed by atoms with van der Waals surface area (Å²) >= 11 is 0. The quantitative estimate of drug-likeness (QED) is 0.470. The van der Waals surface area contributed by atoms with Gasteiger partial charge < -0.3 is 9.84 Å². The third kappa shape index (κ3) is 6.00. The topological polar surface area (TPSA) is 29.5 Å². The van der Waals surface area contributed by atoms with Crippen LogP contribution in [-0.2, 0) is 4.74 Å². The van der Waals surface area contributed by atoms with Crippen LogP contribution in [0.25, 0.3) is 0 Å². The minimum atomic E-state index is -0.555. The Balaban J connectivity index is 1.70. The average molecular weight is 326 g/mol. The molecule has 0 aliphatic heterocycles. The van der Waals surface area contributed by atoms with E-state index in [0.717, 1.165) is 30.8 Å². The van der Waals surface area contributed by atoms with Crippen LogP contribution in [0.1, 0.15) is 57.8 Å². The maximum Gasteiger partial charge on any atom is 0.147 e. The van der Waals surface area contributed by atoms with Crippen LogP contribution in [0, 0.1) is 17.8 Å². The fourth-order valence-corrected chi connectivity index (χ4v) is 3.97. The number of hydrogen-bond donors (Lipinski definition) is 1. The van der Waals surface area contributed by atoms with Crippen molar-refractivity contribution in [2.75, 3.05) is 6.61 Å². The number of aliphatic hydroxyl groups excluding tert-OH is 1. The molecule has 0 aromatic rings. The van der Waals surface area contributed by atoms with Crippen LogP contribution in [-0.4, -0.2) is 11.7 Å². The number of aliphatic hydroxyl groups is 1. The second-order valence-electron chi connectivity index (χ2n) is 6.87. The Morgan fingerprint density at radius 3 is 2.13 bits per heavy atom. The van der Waals surface area contributed by atoms with Crippen LogP contribution in [0.15, 0.2) is 36.3 Å². The first kappa shape index (κ1) is 18.0. The van der Waals surface area contributed by atoms with Crippen LogP contribution in [0.5, 0.6) is 0 Å². The van der Waals surface area contributed by atoms with Gasteiger partial charge in [-0.2, -0.15) is 0 Å². The van der Waals surface area contributed by atoms with E-state index in [1.807, 2.05) is 0 Å². The second kappa shape index (κ2) is 9.74. The molecule has 2 aliphatic carbocycles. The SMILES string of the molecule is OC(/C=C\C(=C\F)OCC1CCC(C2CCCCC2)CC1)=C\F. The second-order valence-corrected chi connectivity index (χ2v) is 6.87. The number of ether oxygens (including phenoxy) is 1. The Labute approximate surface area is 137 Å². The maximum absolute atomic E-state index is 12.7. The van der Waals surface area contributed by atoms with Crippen molar-refractivity contribution < 1.29 is 18.6 Å². The summed E-state index contributed by atoms with van der Waals surface area (Å²) in [6, 6.07) is 0. The van der Waals surface area contributed by atoms with Crippen LogP contribution in [0.4, 0.5) is 8.78 Å². The molecule has 0 spiro atoms. The highest BCUT2D eigenvalue weighted by atomic mass is 19.1. The lowest BCUT2D eigenvalue weighted by molar-refractivity contribution is 0.108. The Bertz CT molecular complexity index is 429. The molecule has 1 N–H and O–H groups in total. The highest BCUT2D eigenvalue weighted by Gasteiger charge is 2.28. The van der Waals surface area contributed by atoms with E-state index in [-0.39, 0.29) is 12.1 Å². The Hall–Kier alpha value is -1.32. The van der Waals surface area contributed by atoms with Crippen LogP contribution < -0.4 is 0 Å².